The maximum Gasteiger partial charge on any atom is 0.0540 e. The fraction of sp³-hybridized carbons (Fsp3) is 0.125. The fourth-order valence-corrected chi connectivity index (χ4v) is 8.48. The third kappa shape index (κ3) is 4.53. The van der Waals surface area contributed by atoms with Gasteiger partial charge >= 0.3 is 0 Å². The Morgan fingerprint density at radius 3 is 1.31 bits per heavy atom. The Morgan fingerprint density at radius 1 is 0.327 bits per heavy atom. The normalized spacial score (nSPS) is 14.4. The van der Waals surface area contributed by atoms with Gasteiger partial charge < -0.3 is 4.90 Å². The van der Waals surface area contributed by atoms with E-state index < -0.39 is 0 Å². The molecule has 236 valence electrons. The molecule has 49 heavy (non-hydrogen) atoms. The van der Waals surface area contributed by atoms with E-state index in [-0.39, 0.29) is 10.8 Å². The summed E-state index contributed by atoms with van der Waals surface area (Å²) in [4.78, 5) is 2.50. The van der Waals surface area contributed by atoms with Crippen LogP contribution in [0.3, 0.4) is 0 Å². The van der Waals surface area contributed by atoms with Crippen molar-refractivity contribution in [1.82, 2.24) is 0 Å². The largest absolute Gasteiger partial charge is 0.310 e. The lowest BCUT2D eigenvalue weighted by Crippen LogP contribution is -2.18. The summed E-state index contributed by atoms with van der Waals surface area (Å²) in [7, 11) is 0. The molecule has 0 atom stereocenters. The summed E-state index contributed by atoms with van der Waals surface area (Å²) in [6.07, 6.45) is 0. The van der Waals surface area contributed by atoms with Crippen molar-refractivity contribution in [2.75, 3.05) is 4.90 Å². The molecule has 0 saturated carbocycles. The molecule has 2 aliphatic carbocycles. The van der Waals surface area contributed by atoms with Gasteiger partial charge in [0.15, 0.2) is 0 Å². The van der Waals surface area contributed by atoms with Crippen LogP contribution in [0.1, 0.15) is 49.9 Å². The average Bonchev–Trinajstić information content (AvgIpc) is 3.52. The van der Waals surface area contributed by atoms with Gasteiger partial charge in [0.2, 0.25) is 0 Å². The van der Waals surface area contributed by atoms with Gasteiger partial charge in [0.05, 0.1) is 5.69 Å². The van der Waals surface area contributed by atoms with E-state index in [9.17, 15) is 0 Å². The number of hydrogen-bond donors (Lipinski definition) is 0. The number of nitrogens with zero attached hydrogens (tertiary/aromatic N) is 1. The van der Waals surface area contributed by atoms with Gasteiger partial charge in [-0.15, -0.1) is 0 Å². The van der Waals surface area contributed by atoms with Crippen LogP contribution in [-0.4, -0.2) is 0 Å². The molecule has 0 radical (unpaired) electrons. The molecule has 1 heteroatoms. The summed E-state index contributed by atoms with van der Waals surface area (Å²) in [5.74, 6) is 0. The second-order valence-electron chi connectivity index (χ2n) is 14.6. The Balaban J connectivity index is 1.30. The molecule has 0 saturated heterocycles. The predicted octanol–water partition coefficient (Wildman–Crippen LogP) is 13.1. The average molecular weight is 630 g/mol. The second kappa shape index (κ2) is 10.9. The maximum absolute atomic E-state index is 2.50. The fourth-order valence-electron chi connectivity index (χ4n) is 8.48. The Morgan fingerprint density at radius 2 is 0.776 bits per heavy atom. The number of rotatable bonds is 5. The van der Waals surface area contributed by atoms with Gasteiger partial charge in [-0.25, -0.2) is 0 Å². The Bertz CT molecular complexity index is 2270. The lowest BCUT2D eigenvalue weighted by atomic mass is 9.82. The molecular weight excluding hydrogens is 591 g/mol. The molecule has 0 fully saturated rings. The quantitative estimate of drug-likeness (QED) is 0.183. The van der Waals surface area contributed by atoms with Crippen LogP contribution in [0, 0.1) is 0 Å². The summed E-state index contributed by atoms with van der Waals surface area (Å²) < 4.78 is 0. The Labute approximate surface area is 290 Å². The van der Waals surface area contributed by atoms with E-state index in [1.807, 2.05) is 0 Å². The van der Waals surface area contributed by atoms with Gasteiger partial charge in [-0.05, 0) is 97.6 Å². The van der Waals surface area contributed by atoms with Gasteiger partial charge in [0.25, 0.3) is 0 Å². The molecule has 0 spiro atoms. The highest BCUT2D eigenvalue weighted by Crippen LogP contribution is 2.54. The first-order chi connectivity index (χ1) is 23.8. The summed E-state index contributed by atoms with van der Waals surface area (Å²) >= 11 is 0. The van der Waals surface area contributed by atoms with Crippen LogP contribution >= 0.6 is 0 Å². The Hall–Kier alpha value is -5.66. The molecule has 2 aliphatic rings. The molecule has 0 heterocycles. The minimum Gasteiger partial charge on any atom is -0.310 e. The number of anilines is 3. The molecule has 7 aromatic carbocycles. The molecule has 0 aromatic heterocycles. The summed E-state index contributed by atoms with van der Waals surface area (Å²) in [5, 5.41) is 0. The van der Waals surface area contributed by atoms with E-state index >= 15 is 0 Å². The zero-order valence-corrected chi connectivity index (χ0v) is 28.5. The number of hydrogen-bond acceptors (Lipinski definition) is 1. The maximum atomic E-state index is 2.50. The van der Waals surface area contributed by atoms with E-state index in [1.54, 1.807) is 0 Å². The molecular formula is C48H39N. The van der Waals surface area contributed by atoms with Crippen molar-refractivity contribution < 1.29 is 0 Å². The molecule has 0 unspecified atom stereocenters. The smallest absolute Gasteiger partial charge is 0.0540 e. The van der Waals surface area contributed by atoms with Gasteiger partial charge in [-0.1, -0.05) is 155 Å². The SMILES string of the molecule is CC1(C)c2ccccc2-c2ccc(N(c3ccc4c(c3)C(C)(C)c3ccccc3-4)c3ccc(-c4ccccc4)cc3-c3ccccc3)cc21. The minimum absolute atomic E-state index is 0.103. The van der Waals surface area contributed by atoms with Crippen molar-refractivity contribution in [2.24, 2.45) is 0 Å². The molecule has 7 aromatic rings. The van der Waals surface area contributed by atoms with Gasteiger partial charge in [0.1, 0.15) is 0 Å². The highest BCUT2D eigenvalue weighted by molar-refractivity contribution is 5.93. The van der Waals surface area contributed by atoms with Crippen molar-refractivity contribution in [3.63, 3.8) is 0 Å². The third-order valence-electron chi connectivity index (χ3n) is 11.1. The molecule has 0 aliphatic heterocycles. The number of benzene rings is 7. The first-order valence-corrected chi connectivity index (χ1v) is 17.4. The van der Waals surface area contributed by atoms with Crippen LogP contribution in [0.5, 0.6) is 0 Å². The monoisotopic (exact) mass is 629 g/mol. The first kappa shape index (κ1) is 29.5. The van der Waals surface area contributed by atoms with Crippen LogP contribution in [0.2, 0.25) is 0 Å². The van der Waals surface area contributed by atoms with Crippen molar-refractivity contribution >= 4 is 17.1 Å². The first-order valence-electron chi connectivity index (χ1n) is 17.4. The van der Waals surface area contributed by atoms with Gasteiger partial charge in [-0.3, -0.25) is 0 Å². The van der Waals surface area contributed by atoms with Crippen LogP contribution in [0.15, 0.2) is 164 Å². The second-order valence-corrected chi connectivity index (χ2v) is 14.6. The molecule has 0 N–H and O–H groups in total. The van der Waals surface area contributed by atoms with Gasteiger partial charge in [0, 0.05) is 27.8 Å². The topological polar surface area (TPSA) is 3.24 Å². The van der Waals surface area contributed by atoms with Crippen molar-refractivity contribution in [2.45, 2.75) is 38.5 Å². The zero-order chi connectivity index (χ0) is 33.3. The zero-order valence-electron chi connectivity index (χ0n) is 28.5. The summed E-state index contributed by atoms with van der Waals surface area (Å²) in [5.41, 5.74) is 19.0. The van der Waals surface area contributed by atoms with Crippen LogP contribution < -0.4 is 4.90 Å². The predicted molar refractivity (Wildman–Crippen MR) is 207 cm³/mol. The molecule has 1 nitrogen and oxygen atoms in total. The lowest BCUT2D eigenvalue weighted by molar-refractivity contribution is 0.660. The van der Waals surface area contributed by atoms with Crippen molar-refractivity contribution in [3.05, 3.63) is 186 Å². The van der Waals surface area contributed by atoms with Crippen LogP contribution in [-0.2, 0) is 10.8 Å². The van der Waals surface area contributed by atoms with E-state index in [4.69, 9.17) is 0 Å². The summed E-state index contributed by atoms with van der Waals surface area (Å²) in [6, 6.07) is 60.6. The van der Waals surface area contributed by atoms with E-state index in [1.165, 1.54) is 66.8 Å². The molecule has 9 rings (SSSR count). The van der Waals surface area contributed by atoms with E-state index in [2.05, 4.69) is 196 Å². The molecule has 0 amide bonds. The minimum atomic E-state index is -0.103. The lowest BCUT2D eigenvalue weighted by Gasteiger charge is -2.31. The molecule has 0 bridgehead atoms. The van der Waals surface area contributed by atoms with E-state index in [0.29, 0.717) is 0 Å². The van der Waals surface area contributed by atoms with Crippen LogP contribution in [0.4, 0.5) is 17.1 Å². The Kier molecular flexibility index (Phi) is 6.58. The third-order valence-corrected chi connectivity index (χ3v) is 11.1. The standard InChI is InChI=1S/C48H39N/c1-47(2)42-21-13-11-19-37(42)39-26-24-35(30-44(39)47)49(36-25-27-40-38-20-12-14-22-43(38)48(3,4)45(40)31-36)46-28-23-34(32-15-7-5-8-16-32)29-41(46)33-17-9-6-10-18-33/h5-31H,1-4H3. The van der Waals surface area contributed by atoms with Crippen molar-refractivity contribution in [3.8, 4) is 44.5 Å². The van der Waals surface area contributed by atoms with Gasteiger partial charge in [-0.2, -0.15) is 0 Å². The van der Waals surface area contributed by atoms with Crippen LogP contribution in [0.25, 0.3) is 44.5 Å². The van der Waals surface area contributed by atoms with Crippen molar-refractivity contribution in [1.29, 1.82) is 0 Å². The summed E-state index contributed by atoms with van der Waals surface area (Å²) in [6.45, 7) is 9.46. The number of fused-ring (bicyclic) bond motifs is 6. The van der Waals surface area contributed by atoms with E-state index in [0.717, 1.165) is 17.1 Å². The highest BCUT2D eigenvalue weighted by atomic mass is 15.1. The highest BCUT2D eigenvalue weighted by Gasteiger charge is 2.38.